The topological polar surface area (TPSA) is 37.3 Å². The SMILES string of the molecule is Cc1cc(C)c2oc(=O)[n+](-c3ccc(N(C)C)cc3)cc2c1. The van der Waals surface area contributed by atoms with Crippen LogP contribution < -0.4 is 15.2 Å². The Bertz CT molecular complexity index is 893. The molecule has 4 heteroatoms. The Morgan fingerprint density at radius 1 is 1.05 bits per heavy atom. The molecule has 0 aliphatic heterocycles. The van der Waals surface area contributed by atoms with Crippen molar-refractivity contribution in [1.82, 2.24) is 0 Å². The van der Waals surface area contributed by atoms with Crippen molar-refractivity contribution in [3.8, 4) is 5.69 Å². The fraction of sp³-hybridized carbons (Fsp3) is 0.222. The molecule has 0 atom stereocenters. The van der Waals surface area contributed by atoms with E-state index in [-0.39, 0.29) is 5.76 Å². The van der Waals surface area contributed by atoms with Crippen LogP contribution in [0, 0.1) is 13.8 Å². The van der Waals surface area contributed by atoms with E-state index in [9.17, 15) is 4.79 Å². The molecular formula is C18H19N2O2+. The van der Waals surface area contributed by atoms with Gasteiger partial charge in [0.2, 0.25) is 5.69 Å². The molecule has 0 radical (unpaired) electrons. The molecule has 22 heavy (non-hydrogen) atoms. The van der Waals surface area contributed by atoms with Gasteiger partial charge in [0.25, 0.3) is 0 Å². The van der Waals surface area contributed by atoms with Crippen molar-refractivity contribution >= 4 is 16.7 Å². The van der Waals surface area contributed by atoms with E-state index in [0.29, 0.717) is 5.58 Å². The van der Waals surface area contributed by atoms with Crippen molar-refractivity contribution in [3.05, 3.63) is 64.3 Å². The fourth-order valence-electron chi connectivity index (χ4n) is 2.64. The Morgan fingerprint density at radius 3 is 2.36 bits per heavy atom. The molecule has 3 aromatic rings. The Hall–Kier alpha value is -2.62. The van der Waals surface area contributed by atoms with Crippen molar-refractivity contribution in [2.45, 2.75) is 13.8 Å². The van der Waals surface area contributed by atoms with E-state index in [4.69, 9.17) is 4.42 Å². The summed E-state index contributed by atoms with van der Waals surface area (Å²) < 4.78 is 7.05. The van der Waals surface area contributed by atoms with Crippen molar-refractivity contribution in [2.75, 3.05) is 19.0 Å². The number of nitrogens with zero attached hydrogens (tertiary/aromatic N) is 2. The average molecular weight is 295 g/mol. The van der Waals surface area contributed by atoms with E-state index < -0.39 is 0 Å². The molecule has 0 N–H and O–H groups in total. The van der Waals surface area contributed by atoms with E-state index in [0.717, 1.165) is 27.9 Å². The minimum Gasteiger partial charge on any atom is -0.378 e. The first-order valence-electron chi connectivity index (χ1n) is 7.20. The lowest BCUT2D eigenvalue weighted by molar-refractivity contribution is -0.623. The van der Waals surface area contributed by atoms with E-state index in [1.54, 1.807) is 4.57 Å². The second-order valence-electron chi connectivity index (χ2n) is 5.78. The molecule has 2 aromatic carbocycles. The predicted molar refractivity (Wildman–Crippen MR) is 87.8 cm³/mol. The summed E-state index contributed by atoms with van der Waals surface area (Å²) >= 11 is 0. The molecular weight excluding hydrogens is 276 g/mol. The molecule has 0 aliphatic rings. The molecule has 0 saturated heterocycles. The first kappa shape index (κ1) is 14.3. The number of anilines is 1. The molecule has 0 spiro atoms. The number of aryl methyl sites for hydroxylation is 2. The van der Waals surface area contributed by atoms with Gasteiger partial charge in [-0.15, -0.1) is 0 Å². The highest BCUT2D eigenvalue weighted by molar-refractivity contribution is 5.79. The van der Waals surface area contributed by atoms with E-state index >= 15 is 0 Å². The van der Waals surface area contributed by atoms with Gasteiger partial charge in [-0.2, -0.15) is 4.79 Å². The highest BCUT2D eigenvalue weighted by Gasteiger charge is 2.17. The van der Waals surface area contributed by atoms with Gasteiger partial charge < -0.3 is 9.32 Å². The zero-order valence-electron chi connectivity index (χ0n) is 13.3. The Balaban J connectivity index is 2.18. The lowest BCUT2D eigenvalue weighted by Gasteiger charge is -2.11. The normalized spacial score (nSPS) is 10.9. The van der Waals surface area contributed by atoms with Gasteiger partial charge in [0.1, 0.15) is 0 Å². The summed E-state index contributed by atoms with van der Waals surface area (Å²) in [7, 11) is 3.97. The fourth-order valence-corrected chi connectivity index (χ4v) is 2.64. The minimum absolute atomic E-state index is 0.378. The highest BCUT2D eigenvalue weighted by atomic mass is 16.4. The third-order valence-electron chi connectivity index (χ3n) is 3.75. The maximum absolute atomic E-state index is 12.3. The van der Waals surface area contributed by atoms with Gasteiger partial charge in [-0.05, 0) is 43.2 Å². The lowest BCUT2D eigenvalue weighted by atomic mass is 10.1. The Labute approximate surface area is 129 Å². The number of benzene rings is 2. The first-order chi connectivity index (χ1) is 10.5. The largest absolute Gasteiger partial charge is 0.608 e. The van der Waals surface area contributed by atoms with E-state index in [2.05, 4.69) is 0 Å². The summed E-state index contributed by atoms with van der Waals surface area (Å²) in [6.45, 7) is 3.99. The molecule has 0 amide bonds. The van der Waals surface area contributed by atoms with Gasteiger partial charge in [-0.1, -0.05) is 10.6 Å². The second kappa shape index (κ2) is 5.30. The van der Waals surface area contributed by atoms with Gasteiger partial charge >= 0.3 is 5.76 Å². The number of hydrogen-bond donors (Lipinski definition) is 0. The lowest BCUT2D eigenvalue weighted by Crippen LogP contribution is -2.46. The molecule has 4 nitrogen and oxygen atoms in total. The highest BCUT2D eigenvalue weighted by Crippen LogP contribution is 2.18. The van der Waals surface area contributed by atoms with Crippen LogP contribution in [0.2, 0.25) is 0 Å². The third kappa shape index (κ3) is 2.48. The molecule has 0 saturated carbocycles. The van der Waals surface area contributed by atoms with Gasteiger partial charge in [0.15, 0.2) is 11.8 Å². The van der Waals surface area contributed by atoms with E-state index in [1.165, 1.54) is 0 Å². The molecule has 1 heterocycles. The summed E-state index contributed by atoms with van der Waals surface area (Å²) in [4.78, 5) is 14.3. The third-order valence-corrected chi connectivity index (χ3v) is 3.75. The first-order valence-corrected chi connectivity index (χ1v) is 7.20. The van der Waals surface area contributed by atoms with Crippen LogP contribution in [-0.2, 0) is 0 Å². The van der Waals surface area contributed by atoms with Crippen molar-refractivity contribution in [1.29, 1.82) is 0 Å². The number of hydrogen-bond acceptors (Lipinski definition) is 3. The summed E-state index contributed by atoms with van der Waals surface area (Å²) in [5, 5.41) is 0.925. The number of rotatable bonds is 2. The quantitative estimate of drug-likeness (QED) is 0.682. The van der Waals surface area contributed by atoms with Gasteiger partial charge in [0.05, 0.1) is 5.39 Å². The summed E-state index contributed by atoms with van der Waals surface area (Å²) in [5.41, 5.74) is 4.65. The van der Waals surface area contributed by atoms with Crippen LogP contribution in [0.5, 0.6) is 0 Å². The maximum Gasteiger partial charge on any atom is 0.608 e. The van der Waals surface area contributed by atoms with Crippen molar-refractivity contribution in [2.24, 2.45) is 0 Å². The van der Waals surface area contributed by atoms with Gasteiger partial charge in [0, 0.05) is 31.9 Å². The average Bonchev–Trinajstić information content (AvgIpc) is 2.47. The summed E-state index contributed by atoms with van der Waals surface area (Å²) in [6, 6.07) is 11.8. The molecule has 0 aliphatic carbocycles. The molecule has 0 fully saturated rings. The van der Waals surface area contributed by atoms with Gasteiger partial charge in [-0.3, -0.25) is 0 Å². The van der Waals surface area contributed by atoms with Crippen LogP contribution in [0.25, 0.3) is 16.7 Å². The molecule has 1 aromatic heterocycles. The number of fused-ring (bicyclic) bond motifs is 1. The Morgan fingerprint density at radius 2 is 1.73 bits per heavy atom. The van der Waals surface area contributed by atoms with E-state index in [1.807, 2.05) is 75.4 Å². The summed E-state index contributed by atoms with van der Waals surface area (Å²) in [6.07, 6.45) is 1.84. The molecule has 3 rings (SSSR count). The molecule has 0 bridgehead atoms. The minimum atomic E-state index is -0.378. The summed E-state index contributed by atoms with van der Waals surface area (Å²) in [5.74, 6) is -0.378. The van der Waals surface area contributed by atoms with Crippen LogP contribution in [0.15, 0.2) is 51.8 Å². The van der Waals surface area contributed by atoms with Crippen LogP contribution in [0.1, 0.15) is 11.1 Å². The van der Waals surface area contributed by atoms with Crippen LogP contribution in [0.4, 0.5) is 5.69 Å². The standard InChI is InChI=1S/C18H19N2O2/c1-12-9-13(2)17-14(10-12)11-20(18(21)22-17)16-7-5-15(6-8-16)19(3)4/h5-11H,1-4H3/q+1. The number of aromatic nitrogens is 1. The zero-order chi connectivity index (χ0) is 15.9. The van der Waals surface area contributed by atoms with Crippen LogP contribution in [0.3, 0.4) is 0 Å². The Kier molecular flexibility index (Phi) is 3.45. The van der Waals surface area contributed by atoms with Crippen LogP contribution in [-0.4, -0.2) is 14.1 Å². The molecule has 112 valence electrons. The zero-order valence-corrected chi connectivity index (χ0v) is 13.3. The monoisotopic (exact) mass is 295 g/mol. The molecule has 0 unspecified atom stereocenters. The van der Waals surface area contributed by atoms with Gasteiger partial charge in [-0.25, -0.2) is 0 Å². The van der Waals surface area contributed by atoms with Crippen molar-refractivity contribution in [3.63, 3.8) is 0 Å². The smallest absolute Gasteiger partial charge is 0.378 e. The predicted octanol–water partition coefficient (Wildman–Crippen LogP) is 2.75. The second-order valence-corrected chi connectivity index (χ2v) is 5.78. The maximum atomic E-state index is 12.3. The van der Waals surface area contributed by atoms with Crippen molar-refractivity contribution < 1.29 is 8.98 Å². The van der Waals surface area contributed by atoms with Crippen LogP contribution >= 0.6 is 0 Å².